The monoisotopic (exact) mass is 439 g/mol. The molecule has 0 aliphatic heterocycles. The predicted octanol–water partition coefficient (Wildman–Crippen LogP) is 3.88. The Hall–Kier alpha value is -3.34. The average Bonchev–Trinajstić information content (AvgIpc) is 3.41. The van der Waals surface area contributed by atoms with Gasteiger partial charge in [-0.25, -0.2) is 9.97 Å². The van der Waals surface area contributed by atoms with Crippen LogP contribution in [-0.2, 0) is 7.05 Å². The molecule has 4 rings (SSSR count). The minimum atomic E-state index is -0.537. The standard InChI is InChI=1S/C20H21N7O3S/c1-12-24-25-20(26(12)2)31-17-8-7-15(27(29)30)9-16(17)18(28)23-19-21-10-14(11-22-19)13-5-3-4-6-13/h7-11,13H,3-6H2,1-2H3,(H,21,22,23,28). The van der Waals surface area contributed by atoms with E-state index in [1.807, 2.05) is 14.0 Å². The Labute approximate surface area is 182 Å². The van der Waals surface area contributed by atoms with Crippen LogP contribution < -0.4 is 5.32 Å². The Morgan fingerprint density at radius 2 is 1.94 bits per heavy atom. The number of non-ortho nitro benzene ring substituents is 1. The smallest absolute Gasteiger partial charge is 0.270 e. The number of nitrogens with one attached hydrogen (secondary N) is 1. The molecule has 2 aromatic heterocycles. The first-order chi connectivity index (χ1) is 14.9. The summed E-state index contributed by atoms with van der Waals surface area (Å²) in [6.07, 6.45) is 8.16. The van der Waals surface area contributed by atoms with Crippen LogP contribution in [-0.4, -0.2) is 35.6 Å². The van der Waals surface area contributed by atoms with E-state index in [0.29, 0.717) is 21.8 Å². The Morgan fingerprint density at radius 1 is 1.23 bits per heavy atom. The molecule has 0 bridgehead atoms. The van der Waals surface area contributed by atoms with Crippen LogP contribution in [0.5, 0.6) is 0 Å². The van der Waals surface area contributed by atoms with Gasteiger partial charge in [0.15, 0.2) is 5.16 Å². The third-order valence-corrected chi connectivity index (χ3v) is 6.51. The van der Waals surface area contributed by atoms with Crippen molar-refractivity contribution in [2.45, 2.75) is 48.6 Å². The largest absolute Gasteiger partial charge is 0.309 e. The number of nitro groups is 1. The summed E-state index contributed by atoms with van der Waals surface area (Å²) in [5.74, 6) is 0.813. The van der Waals surface area contributed by atoms with Crippen LogP contribution in [0.15, 0.2) is 40.6 Å². The number of hydrogen-bond donors (Lipinski definition) is 1. The van der Waals surface area contributed by atoms with Gasteiger partial charge in [0.2, 0.25) is 5.95 Å². The van der Waals surface area contributed by atoms with Crippen molar-refractivity contribution in [1.82, 2.24) is 24.7 Å². The van der Waals surface area contributed by atoms with Gasteiger partial charge in [-0.3, -0.25) is 20.2 Å². The summed E-state index contributed by atoms with van der Waals surface area (Å²) in [7, 11) is 1.81. The van der Waals surface area contributed by atoms with Crippen LogP contribution in [0.1, 0.15) is 53.3 Å². The summed E-state index contributed by atoms with van der Waals surface area (Å²) in [4.78, 5) is 32.7. The highest BCUT2D eigenvalue weighted by Gasteiger charge is 2.21. The van der Waals surface area contributed by atoms with E-state index in [1.165, 1.54) is 42.8 Å². The highest BCUT2D eigenvalue weighted by molar-refractivity contribution is 7.99. The topological polar surface area (TPSA) is 129 Å². The maximum Gasteiger partial charge on any atom is 0.270 e. The van der Waals surface area contributed by atoms with E-state index in [0.717, 1.165) is 18.4 Å². The highest BCUT2D eigenvalue weighted by atomic mass is 32.2. The Balaban J connectivity index is 1.58. The number of amides is 1. The molecule has 3 aromatic rings. The molecular formula is C20H21N7O3S. The number of nitro benzene ring substituents is 1. The van der Waals surface area contributed by atoms with Gasteiger partial charge in [0.05, 0.1) is 10.5 Å². The zero-order chi connectivity index (χ0) is 22.0. The Bertz CT molecular complexity index is 1120. The van der Waals surface area contributed by atoms with Gasteiger partial charge in [-0.1, -0.05) is 12.8 Å². The van der Waals surface area contributed by atoms with E-state index >= 15 is 0 Å². The summed E-state index contributed by atoms with van der Waals surface area (Å²) >= 11 is 1.21. The third-order valence-electron chi connectivity index (χ3n) is 5.40. The molecule has 0 radical (unpaired) electrons. The number of anilines is 1. The second-order valence-corrected chi connectivity index (χ2v) is 8.41. The SMILES string of the molecule is Cc1nnc(Sc2ccc([N+](=O)[O-])cc2C(=O)Nc2ncc(C3CCCC3)cn2)n1C. The molecule has 0 spiro atoms. The van der Waals surface area contributed by atoms with E-state index in [1.54, 1.807) is 17.0 Å². The highest BCUT2D eigenvalue weighted by Crippen LogP contribution is 2.34. The lowest BCUT2D eigenvalue weighted by atomic mass is 10.0. The normalized spacial score (nSPS) is 14.0. The molecular weight excluding hydrogens is 418 g/mol. The molecule has 1 aliphatic carbocycles. The van der Waals surface area contributed by atoms with E-state index in [-0.39, 0.29) is 17.2 Å². The molecule has 1 aromatic carbocycles. The van der Waals surface area contributed by atoms with Crippen LogP contribution in [0, 0.1) is 17.0 Å². The van der Waals surface area contributed by atoms with Gasteiger partial charge in [0.25, 0.3) is 11.6 Å². The summed E-state index contributed by atoms with van der Waals surface area (Å²) in [6.45, 7) is 1.81. The van der Waals surface area contributed by atoms with Gasteiger partial charge in [-0.2, -0.15) is 0 Å². The van der Waals surface area contributed by atoms with Gasteiger partial charge in [-0.15, -0.1) is 10.2 Å². The molecule has 2 heterocycles. The minimum absolute atomic E-state index is 0.142. The zero-order valence-electron chi connectivity index (χ0n) is 17.1. The number of aromatic nitrogens is 5. The first-order valence-corrected chi connectivity index (χ1v) is 10.7. The maximum absolute atomic E-state index is 13.0. The molecule has 0 saturated heterocycles. The van der Waals surface area contributed by atoms with Crippen molar-refractivity contribution in [3.8, 4) is 0 Å². The lowest BCUT2D eigenvalue weighted by Crippen LogP contribution is -2.16. The van der Waals surface area contributed by atoms with E-state index in [9.17, 15) is 14.9 Å². The fourth-order valence-electron chi connectivity index (χ4n) is 3.51. The minimum Gasteiger partial charge on any atom is -0.309 e. The first kappa shape index (κ1) is 20.9. The molecule has 10 nitrogen and oxygen atoms in total. The molecule has 11 heteroatoms. The van der Waals surface area contributed by atoms with Gasteiger partial charge in [0.1, 0.15) is 5.82 Å². The van der Waals surface area contributed by atoms with Crippen LogP contribution >= 0.6 is 11.8 Å². The van der Waals surface area contributed by atoms with Crippen LogP contribution in [0.4, 0.5) is 11.6 Å². The quantitative estimate of drug-likeness (QED) is 0.452. The molecule has 1 N–H and O–H groups in total. The number of carbonyl (C=O) groups excluding carboxylic acids is 1. The maximum atomic E-state index is 13.0. The van der Waals surface area contributed by atoms with Crippen LogP contribution in [0.25, 0.3) is 0 Å². The molecule has 1 fully saturated rings. The summed E-state index contributed by atoms with van der Waals surface area (Å²) in [6, 6.07) is 4.13. The second kappa shape index (κ2) is 8.80. The van der Waals surface area contributed by atoms with Crippen LogP contribution in [0.3, 0.4) is 0 Å². The Kier molecular flexibility index (Phi) is 5.94. The third kappa shape index (κ3) is 4.55. The summed E-state index contributed by atoms with van der Waals surface area (Å²) in [5, 5.41) is 22.5. The molecule has 160 valence electrons. The average molecular weight is 440 g/mol. The van der Waals surface area contributed by atoms with Crippen LogP contribution in [0.2, 0.25) is 0 Å². The van der Waals surface area contributed by atoms with Gasteiger partial charge in [-0.05, 0) is 49.1 Å². The lowest BCUT2D eigenvalue weighted by molar-refractivity contribution is -0.384. The Morgan fingerprint density at radius 3 is 2.55 bits per heavy atom. The fraction of sp³-hybridized carbons (Fsp3) is 0.350. The molecule has 1 amide bonds. The van der Waals surface area contributed by atoms with Crippen molar-refractivity contribution in [1.29, 1.82) is 0 Å². The van der Waals surface area contributed by atoms with Crippen molar-refractivity contribution in [3.63, 3.8) is 0 Å². The predicted molar refractivity (Wildman–Crippen MR) is 114 cm³/mol. The van der Waals surface area contributed by atoms with E-state index in [2.05, 4.69) is 25.5 Å². The van der Waals surface area contributed by atoms with E-state index in [4.69, 9.17) is 0 Å². The number of hydrogen-bond acceptors (Lipinski definition) is 8. The first-order valence-electron chi connectivity index (χ1n) is 9.88. The fourth-order valence-corrected chi connectivity index (χ4v) is 4.46. The van der Waals surface area contributed by atoms with Crippen molar-refractivity contribution in [2.24, 2.45) is 7.05 Å². The van der Waals surface area contributed by atoms with E-state index < -0.39 is 10.8 Å². The molecule has 31 heavy (non-hydrogen) atoms. The molecule has 1 saturated carbocycles. The lowest BCUT2D eigenvalue weighted by Gasteiger charge is -2.11. The number of benzene rings is 1. The number of nitrogens with zero attached hydrogens (tertiary/aromatic N) is 6. The van der Waals surface area contributed by atoms with Gasteiger partial charge < -0.3 is 4.57 Å². The number of aryl methyl sites for hydroxylation is 1. The zero-order valence-corrected chi connectivity index (χ0v) is 17.9. The molecule has 1 aliphatic rings. The second-order valence-electron chi connectivity index (χ2n) is 7.40. The van der Waals surface area contributed by atoms with Crippen molar-refractivity contribution < 1.29 is 9.72 Å². The van der Waals surface area contributed by atoms with Crippen molar-refractivity contribution >= 4 is 29.3 Å². The number of carbonyl (C=O) groups is 1. The number of rotatable bonds is 6. The van der Waals surface area contributed by atoms with Crippen molar-refractivity contribution in [3.05, 3.63) is 57.7 Å². The van der Waals surface area contributed by atoms with Gasteiger partial charge in [0, 0.05) is 36.5 Å². The summed E-state index contributed by atoms with van der Waals surface area (Å²) < 4.78 is 1.78. The molecule has 0 atom stereocenters. The van der Waals surface area contributed by atoms with Crippen molar-refractivity contribution in [2.75, 3.05) is 5.32 Å². The molecule has 0 unspecified atom stereocenters. The summed E-state index contributed by atoms with van der Waals surface area (Å²) in [5.41, 5.74) is 1.03. The van der Waals surface area contributed by atoms with Gasteiger partial charge >= 0.3 is 0 Å².